The van der Waals surface area contributed by atoms with Crippen LogP contribution in [0, 0.1) is 0 Å². The van der Waals surface area contributed by atoms with Crippen LogP contribution in [-0.2, 0) is 4.79 Å². The van der Waals surface area contributed by atoms with Gasteiger partial charge in [-0.15, -0.1) is 0 Å². The Bertz CT molecular complexity index is 587. The minimum absolute atomic E-state index is 0.0100. The Labute approximate surface area is 120 Å². The molecule has 0 unspecified atom stereocenters. The van der Waals surface area contributed by atoms with Gasteiger partial charge in [0.2, 0.25) is 11.9 Å². The number of imidazole rings is 1. The molecule has 0 aromatic carbocycles. The van der Waals surface area contributed by atoms with Crippen molar-refractivity contribution in [3.8, 4) is 0 Å². The highest BCUT2D eigenvalue weighted by atomic mass is 16.4. The molecule has 2 rings (SSSR count). The summed E-state index contributed by atoms with van der Waals surface area (Å²) in [6.07, 6.45) is 4.41. The molecule has 1 aromatic rings. The van der Waals surface area contributed by atoms with Crippen molar-refractivity contribution in [1.29, 1.82) is 0 Å². The van der Waals surface area contributed by atoms with E-state index in [-0.39, 0.29) is 17.7 Å². The van der Waals surface area contributed by atoms with Crippen molar-refractivity contribution in [2.24, 2.45) is 0 Å². The first-order valence-electron chi connectivity index (χ1n) is 6.78. The van der Waals surface area contributed by atoms with E-state index in [9.17, 15) is 19.5 Å². The predicted octanol–water partition coefficient (Wildman–Crippen LogP) is 1.74. The number of aromatic nitrogens is 2. The van der Waals surface area contributed by atoms with E-state index in [2.05, 4.69) is 10.3 Å². The van der Waals surface area contributed by atoms with Gasteiger partial charge >= 0.3 is 11.9 Å². The van der Waals surface area contributed by atoms with Gasteiger partial charge in [-0.1, -0.05) is 19.3 Å². The molecular formula is C13H17N3O5. The van der Waals surface area contributed by atoms with Gasteiger partial charge in [-0.2, -0.15) is 0 Å². The van der Waals surface area contributed by atoms with E-state index in [1.807, 2.05) is 0 Å². The Morgan fingerprint density at radius 3 is 2.24 bits per heavy atom. The van der Waals surface area contributed by atoms with Crippen molar-refractivity contribution in [1.82, 2.24) is 9.55 Å². The van der Waals surface area contributed by atoms with Crippen LogP contribution in [0.4, 0.5) is 5.95 Å². The molecular weight excluding hydrogens is 278 g/mol. The molecule has 21 heavy (non-hydrogen) atoms. The lowest BCUT2D eigenvalue weighted by molar-refractivity contribution is -0.114. The SMILES string of the molecule is CC(=O)Nc1nc(C(=O)O)c(C(=O)O)n1C1CCCCC1. The van der Waals surface area contributed by atoms with E-state index >= 15 is 0 Å². The second-order valence-electron chi connectivity index (χ2n) is 5.09. The van der Waals surface area contributed by atoms with Crippen LogP contribution in [0.25, 0.3) is 0 Å². The van der Waals surface area contributed by atoms with Crippen LogP contribution in [0.2, 0.25) is 0 Å². The number of carboxylic acid groups (broad SMARTS) is 2. The first-order chi connectivity index (χ1) is 9.91. The van der Waals surface area contributed by atoms with Gasteiger partial charge in [0.1, 0.15) is 0 Å². The van der Waals surface area contributed by atoms with Gasteiger partial charge in [-0.25, -0.2) is 14.6 Å². The largest absolute Gasteiger partial charge is 0.476 e. The van der Waals surface area contributed by atoms with Crippen LogP contribution in [0.1, 0.15) is 66.0 Å². The molecule has 1 heterocycles. The van der Waals surface area contributed by atoms with Gasteiger partial charge in [-0.05, 0) is 12.8 Å². The van der Waals surface area contributed by atoms with Crippen molar-refractivity contribution < 1.29 is 24.6 Å². The molecule has 1 amide bonds. The van der Waals surface area contributed by atoms with E-state index in [0.717, 1.165) is 32.1 Å². The molecule has 0 radical (unpaired) electrons. The molecule has 1 aliphatic carbocycles. The fourth-order valence-electron chi connectivity index (χ4n) is 2.73. The zero-order chi connectivity index (χ0) is 15.6. The number of carbonyl (C=O) groups is 3. The van der Waals surface area contributed by atoms with Crippen LogP contribution in [0.5, 0.6) is 0 Å². The monoisotopic (exact) mass is 295 g/mol. The molecule has 1 aliphatic rings. The van der Waals surface area contributed by atoms with Gasteiger partial charge in [-0.3, -0.25) is 10.1 Å². The lowest BCUT2D eigenvalue weighted by Gasteiger charge is -2.25. The fraction of sp³-hybridized carbons (Fsp3) is 0.538. The smallest absolute Gasteiger partial charge is 0.357 e. The minimum atomic E-state index is -1.42. The molecule has 3 N–H and O–H groups in total. The van der Waals surface area contributed by atoms with E-state index in [0.29, 0.717) is 0 Å². The molecule has 0 saturated heterocycles. The molecule has 1 saturated carbocycles. The summed E-state index contributed by atoms with van der Waals surface area (Å²) in [5.74, 6) is -3.22. The maximum atomic E-state index is 11.5. The predicted molar refractivity (Wildman–Crippen MR) is 72.6 cm³/mol. The molecule has 0 atom stereocenters. The highest BCUT2D eigenvalue weighted by molar-refractivity contribution is 6.00. The maximum Gasteiger partial charge on any atom is 0.357 e. The van der Waals surface area contributed by atoms with Crippen LogP contribution in [-0.4, -0.2) is 37.6 Å². The number of carbonyl (C=O) groups excluding carboxylic acids is 1. The number of carboxylic acids is 2. The lowest BCUT2D eigenvalue weighted by atomic mass is 9.95. The highest BCUT2D eigenvalue weighted by Gasteiger charge is 2.31. The standard InChI is InChI=1S/C13H17N3O5/c1-7(17)14-13-15-9(11(18)19)10(12(20)21)16(13)8-5-3-2-4-6-8/h8H,2-6H2,1H3,(H,18,19)(H,20,21)(H,14,15,17). The number of aromatic carboxylic acids is 2. The second kappa shape index (κ2) is 5.94. The third-order valence-electron chi connectivity index (χ3n) is 3.54. The molecule has 0 aliphatic heterocycles. The van der Waals surface area contributed by atoms with E-state index in [4.69, 9.17) is 5.11 Å². The molecule has 0 bridgehead atoms. The van der Waals surface area contributed by atoms with Crippen LogP contribution >= 0.6 is 0 Å². The summed E-state index contributed by atoms with van der Waals surface area (Å²) >= 11 is 0. The van der Waals surface area contributed by atoms with Crippen molar-refractivity contribution in [3.05, 3.63) is 11.4 Å². The molecule has 1 fully saturated rings. The number of hydrogen-bond donors (Lipinski definition) is 3. The van der Waals surface area contributed by atoms with E-state index < -0.39 is 23.5 Å². The number of nitrogens with zero attached hydrogens (tertiary/aromatic N) is 2. The first-order valence-corrected chi connectivity index (χ1v) is 6.78. The van der Waals surface area contributed by atoms with Crippen molar-refractivity contribution in [2.75, 3.05) is 5.32 Å². The summed E-state index contributed by atoms with van der Waals surface area (Å²) in [5.41, 5.74) is -0.921. The Morgan fingerprint density at radius 1 is 1.14 bits per heavy atom. The topological polar surface area (TPSA) is 122 Å². The third-order valence-corrected chi connectivity index (χ3v) is 3.54. The van der Waals surface area contributed by atoms with Gasteiger partial charge in [0.05, 0.1) is 0 Å². The summed E-state index contributed by atoms with van der Waals surface area (Å²) in [7, 11) is 0. The fourth-order valence-corrected chi connectivity index (χ4v) is 2.73. The van der Waals surface area contributed by atoms with E-state index in [1.165, 1.54) is 11.5 Å². The summed E-state index contributed by atoms with van der Waals surface area (Å²) in [6.45, 7) is 1.26. The molecule has 8 heteroatoms. The van der Waals surface area contributed by atoms with Crippen LogP contribution < -0.4 is 5.32 Å². The van der Waals surface area contributed by atoms with Gasteiger partial charge in [0.25, 0.3) is 0 Å². The summed E-state index contributed by atoms with van der Waals surface area (Å²) < 4.78 is 1.35. The quantitative estimate of drug-likeness (QED) is 0.777. The Morgan fingerprint density at radius 2 is 1.76 bits per heavy atom. The number of hydrogen-bond acceptors (Lipinski definition) is 4. The average Bonchev–Trinajstić information content (AvgIpc) is 2.78. The van der Waals surface area contributed by atoms with Crippen molar-refractivity contribution >= 4 is 23.8 Å². The molecule has 114 valence electrons. The number of rotatable bonds is 4. The van der Waals surface area contributed by atoms with Gasteiger partial charge in [0.15, 0.2) is 11.4 Å². The Balaban J connectivity index is 2.57. The highest BCUT2D eigenvalue weighted by Crippen LogP contribution is 2.33. The molecule has 0 spiro atoms. The number of anilines is 1. The normalized spacial score (nSPS) is 15.7. The number of nitrogens with one attached hydrogen (secondary N) is 1. The summed E-state index contributed by atoms with van der Waals surface area (Å²) in [4.78, 5) is 37.7. The molecule has 8 nitrogen and oxygen atoms in total. The van der Waals surface area contributed by atoms with Gasteiger partial charge < -0.3 is 14.8 Å². The Hall–Kier alpha value is -2.38. The van der Waals surface area contributed by atoms with Crippen LogP contribution in [0.3, 0.4) is 0 Å². The molecule has 1 aromatic heterocycles. The van der Waals surface area contributed by atoms with Crippen molar-refractivity contribution in [2.45, 2.75) is 45.1 Å². The van der Waals surface area contributed by atoms with E-state index in [1.54, 1.807) is 0 Å². The zero-order valence-corrected chi connectivity index (χ0v) is 11.6. The third kappa shape index (κ3) is 3.04. The van der Waals surface area contributed by atoms with Crippen LogP contribution in [0.15, 0.2) is 0 Å². The van der Waals surface area contributed by atoms with Crippen molar-refractivity contribution in [3.63, 3.8) is 0 Å². The summed E-state index contributed by atoms with van der Waals surface area (Å²) in [5, 5.41) is 20.9. The summed E-state index contributed by atoms with van der Waals surface area (Å²) in [6, 6.07) is -0.160. The average molecular weight is 295 g/mol. The lowest BCUT2D eigenvalue weighted by Crippen LogP contribution is -2.22. The second-order valence-corrected chi connectivity index (χ2v) is 5.09. The number of amides is 1. The maximum absolute atomic E-state index is 11.5. The van der Waals surface area contributed by atoms with Gasteiger partial charge in [0, 0.05) is 13.0 Å². The first kappa shape index (κ1) is 15.0. The Kier molecular flexibility index (Phi) is 4.25. The minimum Gasteiger partial charge on any atom is -0.476 e. The zero-order valence-electron chi connectivity index (χ0n) is 11.6.